The normalized spacial score (nSPS) is 18.2. The Labute approximate surface area is 253 Å². The number of anilines is 2. The lowest BCUT2D eigenvalue weighted by Gasteiger charge is -2.44. The zero-order valence-electron chi connectivity index (χ0n) is 25.9. The number of hydrogen-bond donors (Lipinski definition) is 2. The number of fused-ring (bicyclic) bond motifs is 1. The lowest BCUT2D eigenvalue weighted by molar-refractivity contribution is -0.130. The fraction of sp³-hybridized carbons (Fsp3) is 0.581. The van der Waals surface area contributed by atoms with Crippen molar-refractivity contribution in [2.24, 2.45) is 10.9 Å². The van der Waals surface area contributed by atoms with Crippen molar-refractivity contribution in [1.29, 1.82) is 0 Å². The van der Waals surface area contributed by atoms with Crippen LogP contribution in [0, 0.1) is 5.92 Å². The molecule has 1 aromatic heterocycles. The molecule has 0 aliphatic carbocycles. The lowest BCUT2D eigenvalue weighted by atomic mass is 9.92. The molecule has 0 radical (unpaired) electrons. The Morgan fingerprint density at radius 1 is 1.30 bits per heavy atom. The molecule has 0 bridgehead atoms. The third-order valence-corrected chi connectivity index (χ3v) is 7.46. The molecule has 1 aromatic rings. The Morgan fingerprint density at radius 3 is 2.49 bits per heavy atom. The van der Waals surface area contributed by atoms with Gasteiger partial charge >= 0.3 is 6.18 Å². The Bertz CT molecular complexity index is 1090. The van der Waals surface area contributed by atoms with Crippen molar-refractivity contribution in [2.75, 3.05) is 63.2 Å². The summed E-state index contributed by atoms with van der Waals surface area (Å²) in [6, 6.07) is 2.69. The first-order valence-corrected chi connectivity index (χ1v) is 14.7. The molecule has 0 aromatic carbocycles. The molecule has 4 rings (SSSR count). The number of carbonyl (C=O) groups is 1. The summed E-state index contributed by atoms with van der Waals surface area (Å²) >= 11 is 0. The van der Waals surface area contributed by atoms with Gasteiger partial charge in [-0.2, -0.15) is 13.2 Å². The van der Waals surface area contributed by atoms with E-state index in [0.717, 1.165) is 87.1 Å². The van der Waals surface area contributed by atoms with Crippen LogP contribution in [0.3, 0.4) is 0 Å². The molecule has 0 saturated carbocycles. The third kappa shape index (κ3) is 11.4. The van der Waals surface area contributed by atoms with Crippen molar-refractivity contribution in [3.05, 3.63) is 53.7 Å². The summed E-state index contributed by atoms with van der Waals surface area (Å²) in [6.45, 7) is 19.2. The number of hydrogen-bond acceptors (Lipinski definition) is 9. The zero-order valence-corrected chi connectivity index (χ0v) is 25.9. The minimum absolute atomic E-state index is 0.392. The molecule has 2 fully saturated rings. The number of nitrogens with zero attached hydrogens (tertiary/aromatic N) is 4. The molecule has 2 N–H and O–H groups in total. The van der Waals surface area contributed by atoms with Crippen LogP contribution in [-0.2, 0) is 20.9 Å². The predicted molar refractivity (Wildman–Crippen MR) is 166 cm³/mol. The Kier molecular flexibility index (Phi) is 15.4. The minimum Gasteiger partial charge on any atom is -0.491 e. The van der Waals surface area contributed by atoms with Gasteiger partial charge in [0.15, 0.2) is 0 Å². The van der Waals surface area contributed by atoms with E-state index in [1.807, 2.05) is 20.2 Å². The molecule has 240 valence electrons. The molecule has 4 heterocycles. The van der Waals surface area contributed by atoms with Gasteiger partial charge < -0.3 is 25.0 Å². The average molecular weight is 609 g/mol. The van der Waals surface area contributed by atoms with Crippen molar-refractivity contribution in [3.63, 3.8) is 0 Å². The summed E-state index contributed by atoms with van der Waals surface area (Å²) in [6.07, 6.45) is 3.45. The summed E-state index contributed by atoms with van der Waals surface area (Å²) in [5, 5.41) is 6.80. The highest BCUT2D eigenvalue weighted by atomic mass is 19.4. The molecule has 2 saturated heterocycles. The first kappa shape index (κ1) is 36.0. The van der Waals surface area contributed by atoms with Crippen LogP contribution in [0.4, 0.5) is 24.7 Å². The van der Waals surface area contributed by atoms with Gasteiger partial charge in [0.2, 0.25) is 0 Å². The van der Waals surface area contributed by atoms with E-state index >= 15 is 0 Å². The van der Waals surface area contributed by atoms with E-state index in [0.29, 0.717) is 24.9 Å². The number of rotatable bonds is 10. The third-order valence-electron chi connectivity index (χ3n) is 7.46. The second-order valence-corrected chi connectivity index (χ2v) is 10.3. The van der Waals surface area contributed by atoms with Gasteiger partial charge in [0.1, 0.15) is 24.5 Å². The molecule has 3 aliphatic rings. The van der Waals surface area contributed by atoms with Crippen LogP contribution in [0.1, 0.15) is 45.6 Å². The molecule has 1 unspecified atom stereocenters. The van der Waals surface area contributed by atoms with Crippen LogP contribution in [0.15, 0.2) is 53.1 Å². The molecule has 12 heteroatoms. The van der Waals surface area contributed by atoms with Crippen LogP contribution in [0.5, 0.6) is 0 Å². The molecular weight excluding hydrogens is 561 g/mol. The van der Waals surface area contributed by atoms with Crippen LogP contribution in [-0.4, -0.2) is 88.1 Å². The van der Waals surface area contributed by atoms with E-state index in [1.54, 1.807) is 0 Å². The van der Waals surface area contributed by atoms with Crippen molar-refractivity contribution in [2.45, 2.75) is 58.9 Å². The first-order chi connectivity index (χ1) is 20.6. The number of nitrogens with one attached hydrogen (secondary N) is 2. The van der Waals surface area contributed by atoms with Crippen LogP contribution in [0.25, 0.3) is 0 Å². The average Bonchev–Trinajstić information content (AvgIpc) is 3.15. The fourth-order valence-corrected chi connectivity index (χ4v) is 4.84. The van der Waals surface area contributed by atoms with E-state index < -0.39 is 12.6 Å². The summed E-state index contributed by atoms with van der Waals surface area (Å²) in [7, 11) is 2.02. The van der Waals surface area contributed by atoms with Gasteiger partial charge in [-0.05, 0) is 58.3 Å². The number of halogens is 3. The molecule has 0 amide bonds. The number of likely N-dealkylation sites (tertiary alicyclic amines) is 1. The van der Waals surface area contributed by atoms with Crippen molar-refractivity contribution < 1.29 is 27.4 Å². The number of aliphatic imine (C=N–C) groups is 1. The van der Waals surface area contributed by atoms with Crippen LogP contribution < -0.4 is 15.5 Å². The number of aromatic nitrogens is 1. The highest BCUT2D eigenvalue weighted by Gasteiger charge is 2.34. The second-order valence-electron chi connectivity index (χ2n) is 10.3. The van der Waals surface area contributed by atoms with Gasteiger partial charge in [-0.15, -0.1) is 0 Å². The number of pyridine rings is 1. The summed E-state index contributed by atoms with van der Waals surface area (Å²) in [4.78, 5) is 23.0. The number of allylic oxidation sites excluding steroid dienone is 3. The van der Waals surface area contributed by atoms with E-state index in [-0.39, 0.29) is 0 Å². The highest BCUT2D eigenvalue weighted by Crippen LogP contribution is 2.34. The van der Waals surface area contributed by atoms with Gasteiger partial charge in [-0.3, -0.25) is 14.7 Å². The van der Waals surface area contributed by atoms with Crippen molar-refractivity contribution in [1.82, 2.24) is 15.2 Å². The number of aldehydes is 1. The van der Waals surface area contributed by atoms with E-state index in [9.17, 15) is 13.2 Å². The molecule has 43 heavy (non-hydrogen) atoms. The van der Waals surface area contributed by atoms with Crippen LogP contribution >= 0.6 is 0 Å². The summed E-state index contributed by atoms with van der Waals surface area (Å²) < 4.78 is 44.0. The summed E-state index contributed by atoms with van der Waals surface area (Å²) in [5.41, 5.74) is 4.16. The van der Waals surface area contributed by atoms with Gasteiger partial charge in [-0.1, -0.05) is 20.4 Å². The molecule has 3 aliphatic heterocycles. The SMILES string of the molecule is C=CC=O.C=N/C(=C\C1=C(C)OCc2c(N3CCOCC3)ccnc2N1)C1CN(C(CC)CCNC)C1.CCC(F)(F)F. The maximum atomic E-state index is 10.8. The molecular formula is C31H47F3N6O3. The Hall–Kier alpha value is -3.22. The summed E-state index contributed by atoms with van der Waals surface area (Å²) in [5.74, 6) is 2.08. The van der Waals surface area contributed by atoms with E-state index in [2.05, 4.69) is 62.8 Å². The van der Waals surface area contributed by atoms with E-state index in [1.165, 1.54) is 18.9 Å². The van der Waals surface area contributed by atoms with Gasteiger partial charge in [0.25, 0.3) is 0 Å². The second kappa shape index (κ2) is 18.4. The van der Waals surface area contributed by atoms with Crippen molar-refractivity contribution >= 4 is 24.5 Å². The molecule has 9 nitrogen and oxygen atoms in total. The number of morpholine rings is 1. The van der Waals surface area contributed by atoms with Gasteiger partial charge in [0.05, 0.1) is 24.5 Å². The Morgan fingerprint density at radius 2 is 1.95 bits per heavy atom. The van der Waals surface area contributed by atoms with Crippen LogP contribution in [0.2, 0.25) is 0 Å². The molecule has 0 spiro atoms. The predicted octanol–water partition coefficient (Wildman–Crippen LogP) is 5.33. The fourth-order valence-electron chi connectivity index (χ4n) is 4.84. The highest BCUT2D eigenvalue weighted by molar-refractivity contribution is 5.66. The largest absolute Gasteiger partial charge is 0.491 e. The lowest BCUT2D eigenvalue weighted by Crippen LogP contribution is -2.52. The molecule has 1 atom stereocenters. The monoisotopic (exact) mass is 608 g/mol. The quantitative estimate of drug-likeness (QED) is 0.209. The minimum atomic E-state index is -3.96. The maximum absolute atomic E-state index is 10.8. The smallest absolute Gasteiger partial charge is 0.388 e. The van der Waals surface area contributed by atoms with Gasteiger partial charge in [0, 0.05) is 62.1 Å². The van der Waals surface area contributed by atoms with Crippen molar-refractivity contribution in [3.8, 4) is 0 Å². The Balaban J connectivity index is 0.000000559. The number of ether oxygens (including phenoxy) is 2. The topological polar surface area (TPSA) is 91.3 Å². The maximum Gasteiger partial charge on any atom is 0.388 e. The van der Waals surface area contributed by atoms with Gasteiger partial charge in [-0.25, -0.2) is 4.98 Å². The van der Waals surface area contributed by atoms with E-state index in [4.69, 9.17) is 14.3 Å². The zero-order chi connectivity index (χ0) is 31.8. The standard InChI is InChI=1S/C25H38N6O2.C3H5F3.C3H4O/c1-5-20(6-8-26-3)31-15-19(16-31)23(27-4)14-22-18(2)33-17-21-24(7-9-28-25(21)29-22)30-10-12-32-13-11-30;1-2-3(4,5)6;1-2-3-4/h7,9,14,19-20,26H,4-6,8,10-13,15-17H2,1-3H3,(H,28,29);2H2,1H3;2-3H,1H2/b23-14-;;. The number of alkyl halides is 3. The number of carbonyl (C=O) groups excluding carboxylic acids is 1. The first-order valence-electron chi connectivity index (χ1n) is 14.7.